The Morgan fingerprint density at radius 3 is 2.76 bits per heavy atom. The first-order chi connectivity index (χ1) is 16.7. The lowest BCUT2D eigenvalue weighted by Gasteiger charge is -2.36. The molecule has 2 aliphatic heterocycles. The third-order valence-corrected chi connectivity index (χ3v) is 7.69. The van der Waals surface area contributed by atoms with Crippen molar-refractivity contribution >= 4 is 33.8 Å². The fourth-order valence-corrected chi connectivity index (χ4v) is 6.12. The molecule has 3 atom stereocenters. The number of allylic oxidation sites excluding steroid dienone is 3. The maximum atomic E-state index is 5.00. The summed E-state index contributed by atoms with van der Waals surface area (Å²) < 4.78 is 2.34. The van der Waals surface area contributed by atoms with Crippen LogP contribution in [0.15, 0.2) is 107 Å². The van der Waals surface area contributed by atoms with Crippen LogP contribution in [0, 0.1) is 5.92 Å². The van der Waals surface area contributed by atoms with Gasteiger partial charge < -0.3 is 9.47 Å². The Morgan fingerprint density at radius 2 is 1.82 bits per heavy atom. The van der Waals surface area contributed by atoms with E-state index in [0.717, 1.165) is 23.1 Å². The molecular weight excluding hydrogens is 416 g/mol. The molecule has 3 aliphatic rings. The summed E-state index contributed by atoms with van der Waals surface area (Å²) in [6, 6.07) is 21.8. The van der Waals surface area contributed by atoms with Crippen molar-refractivity contribution in [3.8, 4) is 5.69 Å². The lowest BCUT2D eigenvalue weighted by atomic mass is 9.82. The van der Waals surface area contributed by atoms with Gasteiger partial charge in [-0.15, -0.1) is 0 Å². The minimum absolute atomic E-state index is 0.169. The highest BCUT2D eigenvalue weighted by Crippen LogP contribution is 2.49. The highest BCUT2D eigenvalue weighted by molar-refractivity contribution is 6.07. The van der Waals surface area contributed by atoms with E-state index in [1.54, 1.807) is 0 Å². The van der Waals surface area contributed by atoms with Crippen molar-refractivity contribution in [2.75, 3.05) is 4.90 Å². The quantitative estimate of drug-likeness (QED) is 0.350. The second kappa shape index (κ2) is 7.04. The smallest absolute Gasteiger partial charge is 0.109 e. The standard InChI is InChI=1S/C30H26N4/c1-20-9-5-13-24-29(20)34(27-16-8-18-32-30(24,27)2)22-11-6-10-21(19-22)33-25-14-4-3-12-23(25)28-26(33)15-7-17-31-28/h3-8,10-20,27H,9H2,1-2H3. The normalized spacial score (nSPS) is 25.4. The second-order valence-electron chi connectivity index (χ2n) is 9.71. The Kier molecular flexibility index (Phi) is 4.04. The summed E-state index contributed by atoms with van der Waals surface area (Å²) in [5.74, 6) is 0.451. The lowest BCUT2D eigenvalue weighted by molar-refractivity contribution is 0.523. The van der Waals surface area contributed by atoms with Gasteiger partial charge >= 0.3 is 0 Å². The van der Waals surface area contributed by atoms with Crippen LogP contribution in [-0.4, -0.2) is 27.3 Å². The molecule has 0 spiro atoms. The molecule has 3 unspecified atom stereocenters. The molecule has 0 fully saturated rings. The van der Waals surface area contributed by atoms with Crippen LogP contribution in [0.25, 0.3) is 27.6 Å². The topological polar surface area (TPSA) is 33.4 Å². The van der Waals surface area contributed by atoms with E-state index in [9.17, 15) is 0 Å². The zero-order chi connectivity index (χ0) is 22.9. The van der Waals surface area contributed by atoms with E-state index < -0.39 is 0 Å². The summed E-state index contributed by atoms with van der Waals surface area (Å²) in [7, 11) is 0. The number of pyridine rings is 1. The molecule has 0 N–H and O–H groups in total. The molecule has 4 heteroatoms. The molecule has 0 amide bonds. The Hall–Kier alpha value is -3.92. The van der Waals surface area contributed by atoms with Gasteiger partial charge in [0.05, 0.1) is 22.6 Å². The minimum atomic E-state index is -0.262. The summed E-state index contributed by atoms with van der Waals surface area (Å²) in [6.45, 7) is 4.61. The van der Waals surface area contributed by atoms with Crippen molar-refractivity contribution in [2.24, 2.45) is 10.9 Å². The molecule has 4 heterocycles. The van der Waals surface area contributed by atoms with Crippen LogP contribution in [0.1, 0.15) is 20.3 Å². The maximum Gasteiger partial charge on any atom is 0.109 e. The first-order valence-corrected chi connectivity index (χ1v) is 12.0. The number of fused-ring (bicyclic) bond motifs is 5. The molecule has 166 valence electrons. The van der Waals surface area contributed by atoms with Crippen LogP contribution < -0.4 is 4.90 Å². The molecule has 34 heavy (non-hydrogen) atoms. The van der Waals surface area contributed by atoms with E-state index in [0.29, 0.717) is 5.92 Å². The predicted octanol–water partition coefficient (Wildman–Crippen LogP) is 6.62. The van der Waals surface area contributed by atoms with Crippen molar-refractivity contribution < 1.29 is 0 Å². The first-order valence-electron chi connectivity index (χ1n) is 12.0. The van der Waals surface area contributed by atoms with Crippen LogP contribution in [0.3, 0.4) is 0 Å². The Bertz CT molecular complexity index is 1530. The zero-order valence-corrected chi connectivity index (χ0v) is 19.4. The highest BCUT2D eigenvalue weighted by Gasteiger charge is 2.50. The molecule has 7 rings (SSSR count). The number of rotatable bonds is 2. The SMILES string of the molecule is CC1CC=CC2=C1N(c1cccc(-n3c4ccccc4c4ncccc43)c1)C1C=CC=NC21C. The van der Waals surface area contributed by atoms with Crippen molar-refractivity contribution in [1.82, 2.24) is 9.55 Å². The van der Waals surface area contributed by atoms with E-state index >= 15 is 0 Å². The molecule has 1 aliphatic carbocycles. The summed E-state index contributed by atoms with van der Waals surface area (Å²) in [5.41, 5.74) is 8.19. The molecule has 0 saturated carbocycles. The van der Waals surface area contributed by atoms with E-state index in [-0.39, 0.29) is 11.6 Å². The van der Waals surface area contributed by atoms with Crippen LogP contribution in [0.2, 0.25) is 0 Å². The largest absolute Gasteiger partial charge is 0.335 e. The number of dihydropyridines is 1. The number of hydrogen-bond acceptors (Lipinski definition) is 3. The van der Waals surface area contributed by atoms with Gasteiger partial charge in [-0.05, 0) is 55.8 Å². The van der Waals surface area contributed by atoms with E-state index in [4.69, 9.17) is 9.98 Å². The van der Waals surface area contributed by atoms with Gasteiger partial charge in [-0.2, -0.15) is 0 Å². The summed E-state index contributed by atoms with van der Waals surface area (Å²) >= 11 is 0. The fourth-order valence-electron chi connectivity index (χ4n) is 6.12. The number of aromatic nitrogens is 2. The van der Waals surface area contributed by atoms with Gasteiger partial charge in [0.1, 0.15) is 5.54 Å². The van der Waals surface area contributed by atoms with Crippen LogP contribution in [0.5, 0.6) is 0 Å². The van der Waals surface area contributed by atoms with Crippen molar-refractivity contribution in [3.63, 3.8) is 0 Å². The van der Waals surface area contributed by atoms with Gasteiger partial charge in [-0.25, -0.2) is 0 Å². The van der Waals surface area contributed by atoms with E-state index in [2.05, 4.69) is 102 Å². The Labute approximate surface area is 199 Å². The van der Waals surface area contributed by atoms with Gasteiger partial charge in [0.2, 0.25) is 0 Å². The molecule has 2 aromatic carbocycles. The minimum Gasteiger partial charge on any atom is -0.335 e. The van der Waals surface area contributed by atoms with Gasteiger partial charge in [0.15, 0.2) is 0 Å². The van der Waals surface area contributed by atoms with Gasteiger partial charge in [0.25, 0.3) is 0 Å². The lowest BCUT2D eigenvalue weighted by Crippen LogP contribution is -2.44. The molecule has 2 aromatic heterocycles. The Morgan fingerprint density at radius 1 is 0.971 bits per heavy atom. The van der Waals surface area contributed by atoms with Crippen molar-refractivity contribution in [2.45, 2.75) is 31.8 Å². The Balaban J connectivity index is 1.45. The average Bonchev–Trinajstić information content (AvgIpc) is 3.35. The molecule has 4 aromatic rings. The molecule has 0 saturated heterocycles. The molecule has 4 nitrogen and oxygen atoms in total. The number of para-hydroxylation sites is 1. The number of anilines is 1. The summed E-state index contributed by atoms with van der Waals surface area (Å²) in [6.07, 6.45) is 13.9. The molecule has 0 radical (unpaired) electrons. The van der Waals surface area contributed by atoms with Crippen molar-refractivity contribution in [3.05, 3.63) is 102 Å². The maximum absolute atomic E-state index is 5.00. The highest BCUT2D eigenvalue weighted by atomic mass is 15.3. The monoisotopic (exact) mass is 442 g/mol. The summed E-state index contributed by atoms with van der Waals surface area (Å²) in [4.78, 5) is 12.2. The zero-order valence-electron chi connectivity index (χ0n) is 19.4. The third kappa shape index (κ3) is 2.54. The molecule has 0 bridgehead atoms. The second-order valence-corrected chi connectivity index (χ2v) is 9.71. The number of hydrogen-bond donors (Lipinski definition) is 0. The number of aliphatic imine (C=N–C) groups is 1. The average molecular weight is 443 g/mol. The van der Waals surface area contributed by atoms with E-state index in [1.807, 2.05) is 18.5 Å². The summed E-state index contributed by atoms with van der Waals surface area (Å²) in [5, 5.41) is 1.18. The van der Waals surface area contributed by atoms with Crippen molar-refractivity contribution in [1.29, 1.82) is 0 Å². The first kappa shape index (κ1) is 19.5. The van der Waals surface area contributed by atoms with Gasteiger partial charge in [0, 0.05) is 46.4 Å². The van der Waals surface area contributed by atoms with E-state index in [1.165, 1.54) is 27.9 Å². The van der Waals surface area contributed by atoms with Crippen LogP contribution in [-0.2, 0) is 0 Å². The molecular formula is C30H26N4. The van der Waals surface area contributed by atoms with Crippen LogP contribution in [0.4, 0.5) is 5.69 Å². The van der Waals surface area contributed by atoms with Gasteiger partial charge in [-0.3, -0.25) is 9.98 Å². The number of benzene rings is 2. The fraction of sp³-hybridized carbons (Fsp3) is 0.200. The third-order valence-electron chi connectivity index (χ3n) is 7.69. The predicted molar refractivity (Wildman–Crippen MR) is 141 cm³/mol. The van der Waals surface area contributed by atoms with Crippen LogP contribution >= 0.6 is 0 Å². The number of nitrogens with zero attached hydrogens (tertiary/aromatic N) is 4. The van der Waals surface area contributed by atoms with Gasteiger partial charge in [-0.1, -0.05) is 49.4 Å².